The summed E-state index contributed by atoms with van der Waals surface area (Å²) in [7, 11) is 1.66. The van der Waals surface area contributed by atoms with Gasteiger partial charge >= 0.3 is 0 Å². The monoisotopic (exact) mass is 295 g/mol. The van der Waals surface area contributed by atoms with Crippen LogP contribution in [-0.2, 0) is 4.74 Å². The number of carbonyl (C=O) groups is 1. The Balaban J connectivity index is 0. The summed E-state index contributed by atoms with van der Waals surface area (Å²) in [6, 6.07) is 5.26. The normalized spacial score (nSPS) is 8.94. The van der Waals surface area contributed by atoms with Crippen molar-refractivity contribution in [1.82, 2.24) is 15.6 Å². The predicted octanol–water partition coefficient (Wildman–Crippen LogP) is 0.891. The van der Waals surface area contributed by atoms with Gasteiger partial charge in [-0.1, -0.05) is 6.07 Å². The highest BCUT2D eigenvalue weighted by Gasteiger charge is 2.03. The fourth-order valence-corrected chi connectivity index (χ4v) is 1.15. The van der Waals surface area contributed by atoms with Gasteiger partial charge in [0.05, 0.1) is 6.61 Å². The highest BCUT2D eigenvalue weighted by molar-refractivity contribution is 5.92. The van der Waals surface area contributed by atoms with E-state index in [4.69, 9.17) is 4.74 Å². The maximum Gasteiger partial charge on any atom is 0.269 e. The summed E-state index contributed by atoms with van der Waals surface area (Å²) in [6.07, 6.45) is 1.60. The number of amides is 1. The Morgan fingerprint density at radius 2 is 2.06 bits per heavy atom. The minimum absolute atomic E-state index is 0. The van der Waals surface area contributed by atoms with Gasteiger partial charge in [-0.25, -0.2) is 0 Å². The first-order valence-corrected chi connectivity index (χ1v) is 5.23. The van der Waals surface area contributed by atoms with Gasteiger partial charge in [-0.05, 0) is 12.1 Å². The average molecular weight is 296 g/mol. The van der Waals surface area contributed by atoms with Gasteiger partial charge in [0.15, 0.2) is 0 Å². The lowest BCUT2D eigenvalue weighted by Gasteiger charge is -2.05. The van der Waals surface area contributed by atoms with Gasteiger partial charge in [-0.2, -0.15) is 0 Å². The zero-order chi connectivity index (χ0) is 11.6. The number of pyridine rings is 1. The Labute approximate surface area is 120 Å². The topological polar surface area (TPSA) is 63.2 Å². The van der Waals surface area contributed by atoms with E-state index < -0.39 is 0 Å². The number of hydrogen-bond acceptors (Lipinski definition) is 4. The van der Waals surface area contributed by atoms with Crippen LogP contribution in [0.3, 0.4) is 0 Å². The third-order valence-corrected chi connectivity index (χ3v) is 1.97. The minimum atomic E-state index is -0.144. The number of halogens is 2. The van der Waals surface area contributed by atoms with Crippen molar-refractivity contribution in [3.63, 3.8) is 0 Å². The molecule has 0 radical (unpaired) electrons. The summed E-state index contributed by atoms with van der Waals surface area (Å²) in [5.74, 6) is -0.144. The van der Waals surface area contributed by atoms with Gasteiger partial charge in [-0.15, -0.1) is 24.8 Å². The highest BCUT2D eigenvalue weighted by Crippen LogP contribution is 1.91. The van der Waals surface area contributed by atoms with E-state index in [2.05, 4.69) is 15.6 Å². The molecule has 0 spiro atoms. The molecule has 0 aliphatic heterocycles. The van der Waals surface area contributed by atoms with E-state index in [1.165, 1.54) is 0 Å². The van der Waals surface area contributed by atoms with Crippen LogP contribution in [-0.4, -0.2) is 44.2 Å². The van der Waals surface area contributed by atoms with E-state index >= 15 is 0 Å². The number of nitrogens with one attached hydrogen (secondary N) is 2. The number of ether oxygens (including phenoxy) is 1. The fourth-order valence-electron chi connectivity index (χ4n) is 1.15. The zero-order valence-corrected chi connectivity index (χ0v) is 11.9. The fraction of sp³-hybridized carbons (Fsp3) is 0.455. The second-order valence-electron chi connectivity index (χ2n) is 3.21. The first kappa shape index (κ1) is 19.5. The molecular formula is C11H19Cl2N3O2. The van der Waals surface area contributed by atoms with Crippen LogP contribution in [0, 0.1) is 0 Å². The molecule has 0 bridgehead atoms. The SMILES string of the molecule is COCCNCCNC(=O)c1ccccn1.Cl.Cl. The molecule has 1 aromatic heterocycles. The summed E-state index contributed by atoms with van der Waals surface area (Å²) in [4.78, 5) is 15.5. The highest BCUT2D eigenvalue weighted by atomic mass is 35.5. The molecule has 2 N–H and O–H groups in total. The van der Waals surface area contributed by atoms with Crippen LogP contribution in [0.1, 0.15) is 10.5 Å². The summed E-state index contributed by atoms with van der Waals surface area (Å²) in [5, 5.41) is 5.90. The zero-order valence-electron chi connectivity index (χ0n) is 10.2. The molecular weight excluding hydrogens is 277 g/mol. The molecule has 0 saturated heterocycles. The van der Waals surface area contributed by atoms with Gasteiger partial charge in [0.25, 0.3) is 5.91 Å². The number of rotatable bonds is 7. The molecule has 0 unspecified atom stereocenters. The van der Waals surface area contributed by atoms with Crippen molar-refractivity contribution in [2.75, 3.05) is 33.4 Å². The maximum absolute atomic E-state index is 11.5. The summed E-state index contributed by atoms with van der Waals surface area (Å²) < 4.78 is 4.88. The molecule has 0 aliphatic rings. The lowest BCUT2D eigenvalue weighted by molar-refractivity contribution is 0.0948. The third-order valence-electron chi connectivity index (χ3n) is 1.97. The molecule has 0 fully saturated rings. The van der Waals surface area contributed by atoms with E-state index in [-0.39, 0.29) is 30.7 Å². The molecule has 0 aromatic carbocycles. The Bertz CT molecular complexity index is 312. The predicted molar refractivity (Wildman–Crippen MR) is 75.8 cm³/mol. The summed E-state index contributed by atoms with van der Waals surface area (Å²) >= 11 is 0. The van der Waals surface area contributed by atoms with Crippen LogP contribution in [0.4, 0.5) is 0 Å². The van der Waals surface area contributed by atoms with E-state index in [1.807, 2.05) is 0 Å². The van der Waals surface area contributed by atoms with Crippen LogP contribution >= 0.6 is 24.8 Å². The second-order valence-corrected chi connectivity index (χ2v) is 3.21. The van der Waals surface area contributed by atoms with Crippen LogP contribution in [0.2, 0.25) is 0 Å². The van der Waals surface area contributed by atoms with E-state index in [0.29, 0.717) is 18.8 Å². The van der Waals surface area contributed by atoms with Gasteiger partial charge < -0.3 is 15.4 Å². The van der Waals surface area contributed by atoms with E-state index in [9.17, 15) is 4.79 Å². The lowest BCUT2D eigenvalue weighted by Crippen LogP contribution is -2.33. The van der Waals surface area contributed by atoms with Gasteiger partial charge in [-0.3, -0.25) is 9.78 Å². The number of methoxy groups -OCH3 is 1. The minimum Gasteiger partial charge on any atom is -0.383 e. The molecule has 0 atom stereocenters. The van der Waals surface area contributed by atoms with Gasteiger partial charge in [0.1, 0.15) is 5.69 Å². The number of hydrogen-bond donors (Lipinski definition) is 2. The molecule has 104 valence electrons. The van der Waals surface area contributed by atoms with Crippen LogP contribution < -0.4 is 10.6 Å². The number of nitrogens with zero attached hydrogens (tertiary/aromatic N) is 1. The lowest BCUT2D eigenvalue weighted by atomic mass is 10.3. The molecule has 18 heavy (non-hydrogen) atoms. The molecule has 1 heterocycles. The Hall–Kier alpha value is -0.880. The maximum atomic E-state index is 11.5. The van der Waals surface area contributed by atoms with Crippen LogP contribution in [0.25, 0.3) is 0 Å². The molecule has 1 rings (SSSR count). The molecule has 7 heteroatoms. The van der Waals surface area contributed by atoms with Crippen molar-refractivity contribution in [3.8, 4) is 0 Å². The van der Waals surface area contributed by atoms with Crippen molar-refractivity contribution in [2.24, 2.45) is 0 Å². The van der Waals surface area contributed by atoms with Crippen molar-refractivity contribution in [3.05, 3.63) is 30.1 Å². The van der Waals surface area contributed by atoms with Gasteiger partial charge in [0.2, 0.25) is 0 Å². The van der Waals surface area contributed by atoms with Gasteiger partial charge in [0, 0.05) is 32.9 Å². The largest absolute Gasteiger partial charge is 0.383 e. The van der Waals surface area contributed by atoms with Crippen LogP contribution in [0.5, 0.6) is 0 Å². The molecule has 5 nitrogen and oxygen atoms in total. The smallest absolute Gasteiger partial charge is 0.269 e. The van der Waals surface area contributed by atoms with Crippen molar-refractivity contribution in [2.45, 2.75) is 0 Å². The Morgan fingerprint density at radius 3 is 2.67 bits per heavy atom. The summed E-state index contributed by atoms with van der Waals surface area (Å²) in [5.41, 5.74) is 0.444. The van der Waals surface area contributed by atoms with Crippen molar-refractivity contribution >= 4 is 30.7 Å². The summed E-state index contributed by atoms with van der Waals surface area (Å²) in [6.45, 7) is 2.77. The van der Waals surface area contributed by atoms with Crippen LogP contribution in [0.15, 0.2) is 24.4 Å². The first-order valence-electron chi connectivity index (χ1n) is 5.23. The third kappa shape index (κ3) is 8.25. The average Bonchev–Trinajstić information content (AvgIpc) is 2.34. The van der Waals surface area contributed by atoms with Crippen molar-refractivity contribution < 1.29 is 9.53 Å². The quantitative estimate of drug-likeness (QED) is 0.734. The molecule has 0 aliphatic carbocycles. The molecule has 0 saturated carbocycles. The Morgan fingerprint density at radius 1 is 1.28 bits per heavy atom. The number of aromatic nitrogens is 1. The first-order chi connectivity index (χ1) is 7.84. The van der Waals surface area contributed by atoms with E-state index in [1.54, 1.807) is 31.5 Å². The second kappa shape index (κ2) is 12.6. The molecule has 1 aromatic rings. The van der Waals surface area contributed by atoms with E-state index in [0.717, 1.165) is 13.1 Å². The van der Waals surface area contributed by atoms with Crippen molar-refractivity contribution in [1.29, 1.82) is 0 Å². The Kier molecular flexibility index (Phi) is 13.6. The number of carbonyl (C=O) groups excluding carboxylic acids is 1. The standard InChI is InChI=1S/C11H17N3O2.2ClH/c1-16-9-8-12-6-7-14-11(15)10-4-2-3-5-13-10;;/h2-5,12H,6-9H2,1H3,(H,14,15);2*1H. The molecule has 1 amide bonds.